The quantitative estimate of drug-likeness (QED) is 0.222. The van der Waals surface area contributed by atoms with Crippen molar-refractivity contribution in [3.05, 3.63) is 62.7 Å². The molecule has 0 unspecified atom stereocenters. The molecule has 0 radical (unpaired) electrons. The fourth-order valence-electron chi connectivity index (χ4n) is 10.4. The number of aryl methyl sites for hydroxylation is 1. The van der Waals surface area contributed by atoms with Crippen molar-refractivity contribution >= 4 is 29.6 Å². The van der Waals surface area contributed by atoms with Gasteiger partial charge in [0, 0.05) is 60.5 Å². The molecule has 16 heteroatoms. The van der Waals surface area contributed by atoms with Crippen LogP contribution in [0.1, 0.15) is 75.7 Å². The number of carbonyl (C=O) groups is 3. The first kappa shape index (κ1) is 37.7. The predicted molar refractivity (Wildman–Crippen MR) is 206 cm³/mol. The summed E-state index contributed by atoms with van der Waals surface area (Å²) in [7, 11) is 5.01. The number of hydrogen-bond acceptors (Lipinski definition) is 15. The van der Waals surface area contributed by atoms with Crippen LogP contribution >= 0.6 is 11.8 Å². The molecule has 2 fully saturated rings. The number of rotatable bonds is 4. The zero-order valence-electron chi connectivity index (χ0n) is 32.8. The second-order valence-corrected chi connectivity index (χ2v) is 16.8. The number of hydrogen-bond donors (Lipinski definition) is 4. The monoisotopic (exact) mass is 802 g/mol. The Balaban J connectivity index is 1.34. The number of esters is 2. The molecule has 10 rings (SSSR count). The molecular weight excluding hydrogens is 757 g/mol. The van der Waals surface area contributed by atoms with Crippen LogP contribution < -0.4 is 34.3 Å². The molecule has 0 saturated carbocycles. The predicted octanol–water partition coefficient (Wildman–Crippen LogP) is 3.56. The number of phenolic OH excluding ortho intramolecular Hbond substituents is 2. The van der Waals surface area contributed by atoms with E-state index in [1.807, 2.05) is 20.9 Å². The molecule has 0 aliphatic carbocycles. The van der Waals surface area contributed by atoms with Gasteiger partial charge in [0.25, 0.3) is 0 Å². The fraction of sp³-hybridized carbons (Fsp3) is 0.488. The number of carbonyl (C=O) groups excluding carboxylic acids is 3. The molecule has 4 bridgehead atoms. The number of aromatic hydroxyl groups is 2. The first-order valence-corrected chi connectivity index (χ1v) is 20.1. The van der Waals surface area contributed by atoms with Gasteiger partial charge in [-0.15, -0.1) is 11.8 Å². The first-order chi connectivity index (χ1) is 27.3. The maximum absolute atomic E-state index is 14.9. The van der Waals surface area contributed by atoms with E-state index >= 15 is 0 Å². The minimum atomic E-state index is -1.37. The Bertz CT molecular complexity index is 2250. The largest absolute Gasteiger partial charge is 0.504 e. The van der Waals surface area contributed by atoms with Crippen LogP contribution in [0.25, 0.3) is 0 Å². The van der Waals surface area contributed by atoms with Gasteiger partial charge < -0.3 is 44.0 Å². The van der Waals surface area contributed by atoms with Gasteiger partial charge in [-0.2, -0.15) is 0 Å². The van der Waals surface area contributed by atoms with Crippen LogP contribution in [-0.4, -0.2) is 103 Å². The Morgan fingerprint density at radius 1 is 1.00 bits per heavy atom. The maximum atomic E-state index is 14.9. The number of phenols is 2. The highest BCUT2D eigenvalue weighted by molar-refractivity contribution is 7.99. The summed E-state index contributed by atoms with van der Waals surface area (Å²) in [5, 5.41) is 29.1. The third kappa shape index (κ3) is 5.40. The number of methoxy groups -OCH3 is 2. The summed E-state index contributed by atoms with van der Waals surface area (Å²) in [6.45, 7) is 6.76. The number of nitrogens with zero attached hydrogens (tertiary/aromatic N) is 2. The van der Waals surface area contributed by atoms with E-state index in [4.69, 9.17) is 28.4 Å². The lowest BCUT2D eigenvalue weighted by Crippen LogP contribution is -2.73. The first-order valence-electron chi connectivity index (χ1n) is 19.1. The molecule has 57 heavy (non-hydrogen) atoms. The van der Waals surface area contributed by atoms with E-state index in [9.17, 15) is 24.6 Å². The summed E-state index contributed by atoms with van der Waals surface area (Å²) in [6.07, 6.45) is 0.452. The third-order valence-corrected chi connectivity index (χ3v) is 14.1. The lowest BCUT2D eigenvalue weighted by Gasteiger charge is -2.63. The second kappa shape index (κ2) is 13.6. The van der Waals surface area contributed by atoms with Crippen LogP contribution in [0.2, 0.25) is 0 Å². The molecule has 1 spiro atoms. The second-order valence-electron chi connectivity index (χ2n) is 15.7. The smallest absolute Gasteiger partial charge is 0.331 e. The van der Waals surface area contributed by atoms with Gasteiger partial charge in [-0.25, -0.2) is 4.79 Å². The zero-order chi connectivity index (χ0) is 40.2. The van der Waals surface area contributed by atoms with E-state index in [2.05, 4.69) is 26.5 Å². The van der Waals surface area contributed by atoms with Crippen LogP contribution in [-0.2, 0) is 37.5 Å². The summed E-state index contributed by atoms with van der Waals surface area (Å²) >= 11 is 1.48. The minimum Gasteiger partial charge on any atom is -0.504 e. The summed E-state index contributed by atoms with van der Waals surface area (Å²) in [5.41, 5.74) is 4.40. The molecule has 2 saturated heterocycles. The topological polar surface area (TPSA) is 178 Å². The lowest BCUT2D eigenvalue weighted by molar-refractivity contribution is -0.161. The van der Waals surface area contributed by atoms with Crippen molar-refractivity contribution in [1.82, 2.24) is 20.4 Å². The van der Waals surface area contributed by atoms with E-state index in [-0.39, 0.29) is 48.4 Å². The molecule has 1 amide bonds. The van der Waals surface area contributed by atoms with E-state index in [1.54, 1.807) is 12.1 Å². The van der Waals surface area contributed by atoms with Crippen molar-refractivity contribution in [2.75, 3.05) is 47.0 Å². The fourth-order valence-corrected chi connectivity index (χ4v) is 12.1. The van der Waals surface area contributed by atoms with Crippen molar-refractivity contribution in [3.8, 4) is 40.2 Å². The number of likely N-dealkylation sites (N-methyl/N-ethyl adjacent to an activating group) is 1. The minimum absolute atomic E-state index is 0.0272. The molecule has 7 aliphatic heterocycles. The number of fused-ring (bicyclic) bond motifs is 9. The number of thioether (sulfide) groups is 1. The molecule has 0 aromatic heterocycles. The Morgan fingerprint density at radius 3 is 2.49 bits per heavy atom. The third-order valence-electron chi connectivity index (χ3n) is 12.7. The molecule has 3 aromatic rings. The Labute approximate surface area is 333 Å². The molecule has 7 aliphatic rings. The van der Waals surface area contributed by atoms with Crippen molar-refractivity contribution in [2.24, 2.45) is 0 Å². The SMILES string of the molecule is COc1cc2c(cc1O)CCN[C@]21CS[C@@H]2c3c(OC(C)=O)c(C)c4c(c3[C@H](COC1=O)N1[C@@H]2[C@H]2c3c(cc(C)c(OC)c3O)C[C@@H]([C@@H]1NC(C)=O)N2C)OCO4. The number of amides is 1. The van der Waals surface area contributed by atoms with Crippen LogP contribution in [0.5, 0.6) is 40.2 Å². The Morgan fingerprint density at radius 2 is 1.77 bits per heavy atom. The Hall–Kier alpha value is -4.90. The van der Waals surface area contributed by atoms with Gasteiger partial charge in [-0.05, 0) is 68.1 Å². The van der Waals surface area contributed by atoms with Gasteiger partial charge >= 0.3 is 11.9 Å². The molecular formula is C41H46N4O11S. The maximum Gasteiger partial charge on any atom is 0.331 e. The van der Waals surface area contributed by atoms with E-state index in [0.29, 0.717) is 70.2 Å². The van der Waals surface area contributed by atoms with Gasteiger partial charge in [0.15, 0.2) is 40.0 Å². The standard InChI is InChI=1S/C41H46N4O11S/c1-17-10-22-11-24-39(43-19(3)46)45-25-14-53-40(50)41(23-13-27(51-6)26(48)12-21(23)8-9-42-41)15-57-38(32(45)31(44(24)5)28(22)33(49)34(17)52-7)30-29(25)37-36(54-16-55-37)18(2)35(30)56-20(4)47/h10,12-13,24-25,31-32,38-39,42,48-49H,8-9,11,14-16H2,1-7H3,(H,43,46)/t24-,25-,31+,32+,38+,39+,41+/m0/s1. The van der Waals surface area contributed by atoms with Gasteiger partial charge in [0.1, 0.15) is 12.4 Å². The summed E-state index contributed by atoms with van der Waals surface area (Å²) in [6, 6.07) is 3.34. The zero-order valence-corrected chi connectivity index (χ0v) is 33.6. The van der Waals surface area contributed by atoms with Crippen LogP contribution in [0, 0.1) is 13.8 Å². The van der Waals surface area contributed by atoms with Crippen molar-refractivity contribution < 1.29 is 53.0 Å². The van der Waals surface area contributed by atoms with Crippen LogP contribution in [0.4, 0.5) is 0 Å². The summed E-state index contributed by atoms with van der Waals surface area (Å²) < 4.78 is 36.3. The molecule has 7 atom stereocenters. The van der Waals surface area contributed by atoms with Gasteiger partial charge in [0.2, 0.25) is 12.7 Å². The van der Waals surface area contributed by atoms with Crippen molar-refractivity contribution in [3.63, 3.8) is 0 Å². The lowest BCUT2D eigenvalue weighted by atomic mass is 9.72. The van der Waals surface area contributed by atoms with Crippen molar-refractivity contribution in [1.29, 1.82) is 0 Å². The number of benzene rings is 3. The normalized spacial score (nSPS) is 28.4. The van der Waals surface area contributed by atoms with Gasteiger partial charge in [-0.1, -0.05) is 6.07 Å². The molecule has 4 N–H and O–H groups in total. The molecule has 302 valence electrons. The van der Waals surface area contributed by atoms with E-state index < -0.39 is 47.0 Å². The summed E-state index contributed by atoms with van der Waals surface area (Å²) in [5.74, 6) is 0.704. The molecule has 3 aromatic carbocycles. The Kier molecular flexibility index (Phi) is 8.99. The number of ether oxygens (including phenoxy) is 6. The molecule has 7 heterocycles. The van der Waals surface area contributed by atoms with Gasteiger partial charge in [0.05, 0.1) is 37.7 Å². The van der Waals surface area contributed by atoms with Crippen molar-refractivity contribution in [2.45, 2.75) is 81.7 Å². The van der Waals surface area contributed by atoms with Crippen LogP contribution in [0.15, 0.2) is 18.2 Å². The number of piperazine rings is 1. The highest BCUT2D eigenvalue weighted by Crippen LogP contribution is 2.64. The van der Waals surface area contributed by atoms with Crippen LogP contribution in [0.3, 0.4) is 0 Å². The van der Waals surface area contributed by atoms with E-state index in [0.717, 1.165) is 16.7 Å². The van der Waals surface area contributed by atoms with Gasteiger partial charge in [-0.3, -0.25) is 24.7 Å². The number of nitrogens with one attached hydrogen (secondary N) is 2. The highest BCUT2D eigenvalue weighted by Gasteiger charge is 2.62. The van der Waals surface area contributed by atoms with E-state index in [1.165, 1.54) is 39.8 Å². The summed E-state index contributed by atoms with van der Waals surface area (Å²) in [4.78, 5) is 45.5. The average molecular weight is 803 g/mol. The highest BCUT2D eigenvalue weighted by atomic mass is 32.2. The molecule has 15 nitrogen and oxygen atoms in total. The average Bonchev–Trinajstić information content (AvgIpc) is 3.66.